The summed E-state index contributed by atoms with van der Waals surface area (Å²) in [5, 5.41) is 16.5. The predicted molar refractivity (Wildman–Crippen MR) is 146 cm³/mol. The Kier molecular flexibility index (Phi) is 7.90. The molecular weight excluding hydrogens is 599 g/mol. The number of hydrogen-bond acceptors (Lipinski definition) is 5. The summed E-state index contributed by atoms with van der Waals surface area (Å²) in [4.78, 5) is 14.2. The van der Waals surface area contributed by atoms with E-state index in [1.54, 1.807) is 13.0 Å². The molecule has 1 amide bonds. The molecule has 2 aromatic heterocycles. The van der Waals surface area contributed by atoms with Crippen LogP contribution < -0.4 is 5.32 Å². The van der Waals surface area contributed by atoms with E-state index in [0.29, 0.717) is 35.4 Å². The van der Waals surface area contributed by atoms with Gasteiger partial charge in [-0.25, -0.2) is 13.5 Å². The highest BCUT2D eigenvalue weighted by Crippen LogP contribution is 2.59. The lowest BCUT2D eigenvalue weighted by Crippen LogP contribution is -2.48. The summed E-state index contributed by atoms with van der Waals surface area (Å²) in [6, 6.07) is 5.69. The first-order valence-electron chi connectivity index (χ1n) is 11.8. The molecular formula is C24H23ClF5N5OP2S. The topological polar surface area (TPSA) is 83.6 Å². The van der Waals surface area contributed by atoms with Crippen LogP contribution in [0.25, 0.3) is 16.3 Å². The van der Waals surface area contributed by atoms with Gasteiger partial charge >= 0.3 is 6.18 Å². The van der Waals surface area contributed by atoms with Crippen LogP contribution in [0.4, 0.5) is 22.0 Å². The van der Waals surface area contributed by atoms with Crippen molar-refractivity contribution in [3.05, 3.63) is 51.0 Å². The van der Waals surface area contributed by atoms with Crippen LogP contribution in [0.3, 0.4) is 0 Å². The molecule has 15 heteroatoms. The predicted octanol–water partition coefficient (Wildman–Crippen LogP) is 6.66. The Labute approximate surface area is 234 Å². The summed E-state index contributed by atoms with van der Waals surface area (Å²) >= 11 is 7.71. The molecule has 0 radical (unpaired) electrons. The van der Waals surface area contributed by atoms with Crippen molar-refractivity contribution in [2.45, 2.75) is 62.1 Å². The maximum absolute atomic E-state index is 14.3. The molecule has 1 aliphatic carbocycles. The third kappa shape index (κ3) is 5.31. The second-order valence-electron chi connectivity index (χ2n) is 9.25. The summed E-state index contributed by atoms with van der Waals surface area (Å²) in [5.74, 6) is -0.357. The Balaban J connectivity index is 1.73. The summed E-state index contributed by atoms with van der Waals surface area (Å²) < 4.78 is 71.5. The third-order valence-electron chi connectivity index (χ3n) is 6.62. The number of nitriles is 1. The number of aromatic nitrogens is 3. The molecule has 208 valence electrons. The summed E-state index contributed by atoms with van der Waals surface area (Å²) in [7, 11) is 2.21. The van der Waals surface area contributed by atoms with Crippen LogP contribution in [0.2, 0.25) is 5.02 Å². The first-order chi connectivity index (χ1) is 18.1. The Bertz CT molecular complexity index is 1460. The number of carbonyl (C=O) groups excluding carboxylic acids is 1. The van der Waals surface area contributed by atoms with Crippen LogP contribution in [0.5, 0.6) is 0 Å². The second-order valence-corrected chi connectivity index (χ2v) is 12.4. The van der Waals surface area contributed by atoms with Crippen molar-refractivity contribution in [2.75, 3.05) is 0 Å². The second kappa shape index (κ2) is 10.3. The number of carbonyl (C=O) groups is 1. The van der Waals surface area contributed by atoms with Crippen molar-refractivity contribution in [2.24, 2.45) is 0 Å². The van der Waals surface area contributed by atoms with Crippen LogP contribution in [-0.2, 0) is 18.0 Å². The van der Waals surface area contributed by atoms with Crippen molar-refractivity contribution in [3.8, 4) is 22.3 Å². The van der Waals surface area contributed by atoms with Gasteiger partial charge in [-0.05, 0) is 48.9 Å². The van der Waals surface area contributed by atoms with Crippen molar-refractivity contribution >= 4 is 47.3 Å². The number of alkyl halides is 5. The monoisotopic (exact) mass is 621 g/mol. The number of nitrogens with one attached hydrogen (secondary N) is 1. The van der Waals surface area contributed by atoms with Gasteiger partial charge in [0.2, 0.25) is 0 Å². The number of amides is 1. The number of halogens is 6. The number of thiophene rings is 1. The fourth-order valence-corrected chi connectivity index (χ4v) is 5.99. The summed E-state index contributed by atoms with van der Waals surface area (Å²) in [5.41, 5.74) is -4.51. The van der Waals surface area contributed by atoms with Gasteiger partial charge in [-0.2, -0.15) is 18.4 Å². The fourth-order valence-electron chi connectivity index (χ4n) is 4.13. The van der Waals surface area contributed by atoms with E-state index in [9.17, 15) is 32.0 Å². The van der Waals surface area contributed by atoms with E-state index in [1.165, 1.54) is 31.5 Å². The smallest absolute Gasteiger partial charge is 0.334 e. The Morgan fingerprint density at radius 2 is 1.87 bits per heavy atom. The minimum atomic E-state index is -5.30. The lowest BCUT2D eigenvalue weighted by Gasteiger charge is -2.37. The molecule has 1 aliphatic rings. The molecule has 0 bridgehead atoms. The largest absolute Gasteiger partial charge is 0.407 e. The molecule has 3 aromatic rings. The molecule has 1 N–H and O–H groups in total. The average molecular weight is 622 g/mol. The van der Waals surface area contributed by atoms with Crippen molar-refractivity contribution in [3.63, 3.8) is 0 Å². The molecule has 2 heterocycles. The maximum atomic E-state index is 14.3. The van der Waals surface area contributed by atoms with Gasteiger partial charge in [0.15, 0.2) is 5.16 Å². The number of hydrogen-bond donors (Lipinski definition) is 1. The average Bonchev–Trinajstić information content (AvgIpc) is 3.26. The molecule has 1 saturated carbocycles. The molecule has 1 aromatic carbocycles. The van der Waals surface area contributed by atoms with Crippen LogP contribution in [0, 0.1) is 11.3 Å². The molecule has 1 fully saturated rings. The molecule has 3 atom stereocenters. The lowest BCUT2D eigenvalue weighted by atomic mass is 9.93. The zero-order chi connectivity index (χ0) is 29.0. The lowest BCUT2D eigenvalue weighted by molar-refractivity contribution is -0.201. The number of nitrogens with zero attached hydrogens (tertiary/aromatic N) is 4. The van der Waals surface area contributed by atoms with E-state index >= 15 is 0 Å². The maximum Gasteiger partial charge on any atom is 0.407 e. The van der Waals surface area contributed by atoms with E-state index in [4.69, 9.17) is 11.6 Å². The molecule has 6 nitrogen and oxygen atoms in total. The molecule has 0 aliphatic heterocycles. The van der Waals surface area contributed by atoms with Gasteiger partial charge in [0.05, 0.1) is 33.4 Å². The van der Waals surface area contributed by atoms with Gasteiger partial charge < -0.3 is 5.32 Å². The normalized spacial score (nSPS) is 16.4. The van der Waals surface area contributed by atoms with E-state index in [2.05, 4.69) is 21.7 Å². The Morgan fingerprint density at radius 1 is 1.21 bits per heavy atom. The van der Waals surface area contributed by atoms with E-state index in [1.807, 2.05) is 6.92 Å². The van der Waals surface area contributed by atoms with Crippen molar-refractivity contribution in [1.29, 1.82) is 5.26 Å². The zero-order valence-electron chi connectivity index (χ0n) is 20.7. The quantitative estimate of drug-likeness (QED) is 0.225. The zero-order valence-corrected chi connectivity index (χ0v) is 24.5. The highest BCUT2D eigenvalue weighted by atomic mass is 35.5. The van der Waals surface area contributed by atoms with E-state index < -0.39 is 28.1 Å². The number of rotatable bonds is 8. The first kappa shape index (κ1) is 29.8. The Hall–Kier alpha value is -2.18. The Morgan fingerprint density at radius 3 is 2.38 bits per heavy atom. The number of benzene rings is 1. The minimum absolute atomic E-state index is 0.170. The number of aryl methyl sites for hydroxylation is 2. The molecule has 3 unspecified atom stereocenters. The van der Waals surface area contributed by atoms with Crippen molar-refractivity contribution < 1.29 is 26.7 Å². The summed E-state index contributed by atoms with van der Waals surface area (Å²) in [6.07, 6.45) is -1.88. The fraction of sp³-hybridized carbons (Fsp3) is 0.417. The SMILES string of the molecule is CCc1cc(C(P)(C(F)(F)F)C(F)(F)P)cc(Cl)c1-n1cc(-c2cc(C(=O)NC3(C#N)CC3)c(CC)s2)nn1. The molecule has 0 saturated heterocycles. The highest BCUT2D eigenvalue weighted by molar-refractivity contribution is 7.24. The van der Waals surface area contributed by atoms with Gasteiger partial charge in [0.25, 0.3) is 11.6 Å². The van der Waals surface area contributed by atoms with Gasteiger partial charge in [0.1, 0.15) is 11.2 Å². The van der Waals surface area contributed by atoms with E-state index in [0.717, 1.165) is 26.2 Å². The van der Waals surface area contributed by atoms with Gasteiger partial charge in [-0.1, -0.05) is 46.0 Å². The molecule has 4 rings (SSSR count). The van der Waals surface area contributed by atoms with Crippen LogP contribution in [-0.4, -0.2) is 38.3 Å². The van der Waals surface area contributed by atoms with Crippen LogP contribution in [0.15, 0.2) is 24.4 Å². The van der Waals surface area contributed by atoms with Gasteiger partial charge in [-0.15, -0.1) is 25.7 Å². The van der Waals surface area contributed by atoms with Crippen LogP contribution >= 0.6 is 41.4 Å². The van der Waals surface area contributed by atoms with Gasteiger partial charge in [0, 0.05) is 4.88 Å². The molecule has 0 spiro atoms. The van der Waals surface area contributed by atoms with E-state index in [-0.39, 0.29) is 28.6 Å². The summed E-state index contributed by atoms with van der Waals surface area (Å²) in [6.45, 7) is 3.54. The van der Waals surface area contributed by atoms with Gasteiger partial charge in [-0.3, -0.25) is 4.79 Å². The standard InChI is InChI=1S/C24H23ClF5N5OP2S/c1-3-12-7-13(22(37,23(26,27)28)24(29,30)38)8-15(25)19(12)35-10-16(33-34-35)18-9-14(17(4-2)39-18)20(36)32-21(11-31)5-6-21/h7-10H,3-6,37-38H2,1-2H3,(H,32,36). The van der Waals surface area contributed by atoms with Crippen LogP contribution in [0.1, 0.15) is 53.1 Å². The molecule has 39 heavy (non-hydrogen) atoms. The highest BCUT2D eigenvalue weighted by Gasteiger charge is 2.65. The first-order valence-corrected chi connectivity index (χ1v) is 14.1. The third-order valence-corrected chi connectivity index (χ3v) is 10.0. The van der Waals surface area contributed by atoms with Crippen molar-refractivity contribution in [1.82, 2.24) is 20.3 Å². The minimum Gasteiger partial charge on any atom is -0.334 e.